The van der Waals surface area contributed by atoms with Crippen molar-refractivity contribution in [2.75, 3.05) is 4.90 Å². The van der Waals surface area contributed by atoms with Crippen LogP contribution in [0.15, 0.2) is 114 Å². The molecule has 1 nitrogen and oxygen atoms in total. The molecule has 3 aliphatic carbocycles. The third-order valence-electron chi connectivity index (χ3n) is 5.25. The quantitative estimate of drug-likeness (QED) is 0.542. The van der Waals surface area contributed by atoms with Crippen molar-refractivity contribution in [2.45, 2.75) is 38.5 Å². The van der Waals surface area contributed by atoms with Crippen LogP contribution in [-0.2, 0) is 0 Å². The highest BCUT2D eigenvalue weighted by Crippen LogP contribution is 2.32. The molecule has 4 rings (SSSR count). The number of allylic oxidation sites excluding steroid dienone is 13. The van der Waals surface area contributed by atoms with Gasteiger partial charge in [-0.1, -0.05) is 66.8 Å². The molecule has 3 aliphatic rings. The molecule has 0 atom stereocenters. The van der Waals surface area contributed by atoms with E-state index in [2.05, 4.69) is 96.0 Å². The van der Waals surface area contributed by atoms with Gasteiger partial charge in [0.1, 0.15) is 0 Å². The molecule has 0 amide bonds. The van der Waals surface area contributed by atoms with Gasteiger partial charge in [-0.3, -0.25) is 0 Å². The predicted molar refractivity (Wildman–Crippen MR) is 116 cm³/mol. The van der Waals surface area contributed by atoms with Crippen molar-refractivity contribution < 1.29 is 0 Å². The Kier molecular flexibility index (Phi) is 5.69. The molecule has 0 heterocycles. The Bertz CT molecular complexity index is 872. The highest BCUT2D eigenvalue weighted by Gasteiger charge is 2.17. The first-order valence-corrected chi connectivity index (χ1v) is 10.1. The molecule has 0 fully saturated rings. The maximum absolute atomic E-state index is 2.42. The Morgan fingerprint density at radius 2 is 1.59 bits per heavy atom. The van der Waals surface area contributed by atoms with Gasteiger partial charge in [0.2, 0.25) is 0 Å². The zero-order valence-electron chi connectivity index (χ0n) is 15.9. The fourth-order valence-corrected chi connectivity index (χ4v) is 3.76. The van der Waals surface area contributed by atoms with E-state index < -0.39 is 0 Å². The van der Waals surface area contributed by atoms with E-state index in [0.717, 1.165) is 38.5 Å². The van der Waals surface area contributed by atoms with Gasteiger partial charge in [-0.25, -0.2) is 0 Å². The van der Waals surface area contributed by atoms with E-state index in [1.807, 2.05) is 0 Å². The van der Waals surface area contributed by atoms with Gasteiger partial charge in [0.25, 0.3) is 0 Å². The van der Waals surface area contributed by atoms with Gasteiger partial charge in [-0.05, 0) is 74.0 Å². The number of benzene rings is 1. The highest BCUT2D eigenvalue weighted by atomic mass is 15.2. The Morgan fingerprint density at radius 1 is 0.741 bits per heavy atom. The summed E-state index contributed by atoms with van der Waals surface area (Å²) in [5.41, 5.74) is 6.75. The first-order valence-electron chi connectivity index (χ1n) is 10.1. The van der Waals surface area contributed by atoms with Gasteiger partial charge in [-0.2, -0.15) is 0 Å². The molecule has 0 aliphatic heterocycles. The van der Waals surface area contributed by atoms with Gasteiger partial charge in [0, 0.05) is 17.1 Å². The van der Waals surface area contributed by atoms with Crippen LogP contribution in [0.3, 0.4) is 0 Å². The van der Waals surface area contributed by atoms with Crippen molar-refractivity contribution >= 4 is 5.69 Å². The van der Waals surface area contributed by atoms with Crippen LogP contribution in [0.25, 0.3) is 0 Å². The van der Waals surface area contributed by atoms with Crippen LogP contribution in [0, 0.1) is 0 Å². The van der Waals surface area contributed by atoms with Crippen LogP contribution >= 0.6 is 0 Å². The fraction of sp³-hybridized carbons (Fsp3) is 0.231. The maximum atomic E-state index is 2.42. The van der Waals surface area contributed by atoms with Crippen molar-refractivity contribution in [3.63, 3.8) is 0 Å². The number of rotatable bonds is 5. The predicted octanol–water partition coefficient (Wildman–Crippen LogP) is 7.16. The summed E-state index contributed by atoms with van der Waals surface area (Å²) in [6, 6.07) is 10.7. The van der Waals surface area contributed by atoms with Crippen molar-refractivity contribution in [3.05, 3.63) is 114 Å². The topological polar surface area (TPSA) is 3.24 Å². The zero-order chi connectivity index (χ0) is 18.3. The molecule has 0 saturated carbocycles. The van der Waals surface area contributed by atoms with Crippen LogP contribution in [0.4, 0.5) is 5.69 Å². The summed E-state index contributed by atoms with van der Waals surface area (Å²) >= 11 is 0. The summed E-state index contributed by atoms with van der Waals surface area (Å²) in [6.45, 7) is 0. The van der Waals surface area contributed by atoms with E-state index >= 15 is 0 Å². The second-order valence-electron chi connectivity index (χ2n) is 7.22. The molecule has 0 N–H and O–H groups in total. The number of anilines is 1. The third kappa shape index (κ3) is 4.49. The number of hydrogen-bond donors (Lipinski definition) is 0. The SMILES string of the molecule is C1=CCCC(/C=C/C2=CC=C(N(C3=CCCC=C3)c3ccccc3)CC2)=C1. The lowest BCUT2D eigenvalue weighted by atomic mass is 9.98. The average molecular weight is 354 g/mol. The van der Waals surface area contributed by atoms with Crippen molar-refractivity contribution in [2.24, 2.45) is 0 Å². The number of nitrogens with zero attached hydrogens (tertiary/aromatic N) is 1. The summed E-state index contributed by atoms with van der Waals surface area (Å²) in [5.74, 6) is 0. The number of para-hydroxylation sites is 1. The first-order chi connectivity index (χ1) is 13.4. The van der Waals surface area contributed by atoms with Gasteiger partial charge in [0.15, 0.2) is 0 Å². The van der Waals surface area contributed by atoms with E-state index in [0.29, 0.717) is 0 Å². The van der Waals surface area contributed by atoms with Gasteiger partial charge in [-0.15, -0.1) is 0 Å². The second kappa shape index (κ2) is 8.73. The molecule has 1 aromatic carbocycles. The summed E-state index contributed by atoms with van der Waals surface area (Å²) in [7, 11) is 0. The Balaban J connectivity index is 1.57. The Labute approximate surface area is 163 Å². The summed E-state index contributed by atoms with van der Waals surface area (Å²) in [4.78, 5) is 2.42. The van der Waals surface area contributed by atoms with Crippen LogP contribution < -0.4 is 4.90 Å². The molecule has 1 aromatic rings. The van der Waals surface area contributed by atoms with Crippen LogP contribution in [0.2, 0.25) is 0 Å². The minimum Gasteiger partial charge on any atom is -0.315 e. The van der Waals surface area contributed by atoms with Crippen molar-refractivity contribution in [3.8, 4) is 0 Å². The lowest BCUT2D eigenvalue weighted by Crippen LogP contribution is -2.22. The summed E-state index contributed by atoms with van der Waals surface area (Å²) in [6.07, 6.45) is 29.4. The average Bonchev–Trinajstić information content (AvgIpc) is 2.76. The maximum Gasteiger partial charge on any atom is 0.0458 e. The normalized spacial score (nSPS) is 19.4. The lowest BCUT2D eigenvalue weighted by Gasteiger charge is -2.31. The van der Waals surface area contributed by atoms with Crippen LogP contribution in [-0.4, -0.2) is 0 Å². The molecular weight excluding hydrogens is 326 g/mol. The van der Waals surface area contributed by atoms with Gasteiger partial charge < -0.3 is 4.90 Å². The van der Waals surface area contributed by atoms with E-state index in [4.69, 9.17) is 0 Å². The van der Waals surface area contributed by atoms with Gasteiger partial charge in [0.05, 0.1) is 0 Å². The van der Waals surface area contributed by atoms with E-state index in [1.165, 1.54) is 28.2 Å². The molecular formula is C26H27N. The monoisotopic (exact) mass is 353 g/mol. The second-order valence-corrected chi connectivity index (χ2v) is 7.22. The van der Waals surface area contributed by atoms with E-state index in [9.17, 15) is 0 Å². The molecule has 0 radical (unpaired) electrons. The largest absolute Gasteiger partial charge is 0.315 e. The van der Waals surface area contributed by atoms with Crippen molar-refractivity contribution in [1.29, 1.82) is 0 Å². The zero-order valence-corrected chi connectivity index (χ0v) is 15.9. The van der Waals surface area contributed by atoms with Gasteiger partial charge >= 0.3 is 0 Å². The minimum absolute atomic E-state index is 1.06. The van der Waals surface area contributed by atoms with Crippen LogP contribution in [0.1, 0.15) is 38.5 Å². The third-order valence-corrected chi connectivity index (χ3v) is 5.25. The minimum atomic E-state index is 1.06. The van der Waals surface area contributed by atoms with E-state index in [-0.39, 0.29) is 0 Å². The summed E-state index contributed by atoms with van der Waals surface area (Å²) in [5, 5.41) is 0. The fourth-order valence-electron chi connectivity index (χ4n) is 3.76. The van der Waals surface area contributed by atoms with Crippen LogP contribution in [0.5, 0.6) is 0 Å². The molecule has 0 aromatic heterocycles. The molecule has 0 saturated heterocycles. The lowest BCUT2D eigenvalue weighted by molar-refractivity contribution is 0.867. The molecule has 27 heavy (non-hydrogen) atoms. The molecule has 0 bridgehead atoms. The first kappa shape index (κ1) is 17.6. The van der Waals surface area contributed by atoms with Crippen molar-refractivity contribution in [1.82, 2.24) is 0 Å². The molecule has 1 heteroatoms. The number of hydrogen-bond acceptors (Lipinski definition) is 1. The molecule has 0 spiro atoms. The molecule has 0 unspecified atom stereocenters. The summed E-state index contributed by atoms with van der Waals surface area (Å²) < 4.78 is 0. The molecule has 136 valence electrons. The standard InChI is InChI=1S/C26H27N/c1-4-10-22(11-5-1)16-17-23-18-20-26(21-19-23)27(24-12-6-2-7-13-24)25-14-8-3-9-15-25/h1-2,4,6-8,10,12-18,20H,3,5,9,11,19,21H2/b17-16+. The Morgan fingerprint density at radius 3 is 2.26 bits per heavy atom. The highest BCUT2D eigenvalue weighted by molar-refractivity contribution is 5.62. The smallest absolute Gasteiger partial charge is 0.0458 e. The Hall–Kier alpha value is -2.80. The van der Waals surface area contributed by atoms with E-state index in [1.54, 1.807) is 0 Å².